The molecule has 1 aromatic rings. The molecule has 1 aliphatic carbocycles. The van der Waals surface area contributed by atoms with Crippen molar-refractivity contribution in [2.75, 3.05) is 26.3 Å². The standard InChI is InChI=1S/C23H34N2O3/c1-17(24-19(3)26)15-27-23-10-12-25(13-11-23)18(2)14-20-6-8-22(9-7-20)28-16-21-4-5-21/h6-9,17,21,23H,2,4-5,10-16H2,1,3H3,(H,24,26)/t17-/m0/s1. The molecule has 0 unspecified atom stereocenters. The van der Waals surface area contributed by atoms with Gasteiger partial charge in [-0.15, -0.1) is 0 Å². The molecule has 0 radical (unpaired) electrons. The van der Waals surface area contributed by atoms with Crippen LogP contribution in [0.5, 0.6) is 5.75 Å². The summed E-state index contributed by atoms with van der Waals surface area (Å²) >= 11 is 0. The Labute approximate surface area is 169 Å². The van der Waals surface area contributed by atoms with Crippen molar-refractivity contribution in [2.24, 2.45) is 5.92 Å². The highest BCUT2D eigenvalue weighted by atomic mass is 16.5. The van der Waals surface area contributed by atoms with E-state index < -0.39 is 0 Å². The number of amides is 1. The topological polar surface area (TPSA) is 50.8 Å². The van der Waals surface area contributed by atoms with Gasteiger partial charge >= 0.3 is 0 Å². The van der Waals surface area contributed by atoms with Crippen molar-refractivity contribution >= 4 is 5.91 Å². The largest absolute Gasteiger partial charge is 0.493 e. The monoisotopic (exact) mass is 386 g/mol. The lowest BCUT2D eigenvalue weighted by atomic mass is 10.0. The zero-order valence-electron chi connectivity index (χ0n) is 17.3. The molecule has 2 fully saturated rings. The van der Waals surface area contributed by atoms with Crippen molar-refractivity contribution < 1.29 is 14.3 Å². The van der Waals surface area contributed by atoms with Crippen LogP contribution < -0.4 is 10.1 Å². The van der Waals surface area contributed by atoms with Crippen LogP contribution in [0.1, 0.15) is 45.1 Å². The molecule has 1 saturated carbocycles. The van der Waals surface area contributed by atoms with Gasteiger partial charge in [0.25, 0.3) is 0 Å². The van der Waals surface area contributed by atoms with Crippen LogP contribution in [0.3, 0.4) is 0 Å². The van der Waals surface area contributed by atoms with E-state index in [-0.39, 0.29) is 18.1 Å². The Morgan fingerprint density at radius 3 is 2.50 bits per heavy atom. The molecule has 0 spiro atoms. The summed E-state index contributed by atoms with van der Waals surface area (Å²) in [5.41, 5.74) is 2.43. The Balaban J connectivity index is 1.35. The van der Waals surface area contributed by atoms with Crippen LogP contribution in [-0.4, -0.2) is 49.3 Å². The van der Waals surface area contributed by atoms with Gasteiger partial charge in [0.1, 0.15) is 5.75 Å². The average molecular weight is 387 g/mol. The molecule has 1 heterocycles. The van der Waals surface area contributed by atoms with Crippen LogP contribution in [0, 0.1) is 5.92 Å². The van der Waals surface area contributed by atoms with E-state index >= 15 is 0 Å². The van der Waals surface area contributed by atoms with E-state index in [2.05, 4.69) is 41.1 Å². The lowest BCUT2D eigenvalue weighted by Gasteiger charge is -2.35. The zero-order valence-corrected chi connectivity index (χ0v) is 17.3. The number of allylic oxidation sites excluding steroid dienone is 1. The second kappa shape index (κ2) is 9.97. The first kappa shape index (κ1) is 20.7. The summed E-state index contributed by atoms with van der Waals surface area (Å²) in [4.78, 5) is 13.4. The maximum Gasteiger partial charge on any atom is 0.217 e. The first-order valence-corrected chi connectivity index (χ1v) is 10.5. The van der Waals surface area contributed by atoms with Gasteiger partial charge in [-0.3, -0.25) is 4.79 Å². The average Bonchev–Trinajstić information content (AvgIpc) is 3.50. The Bertz CT molecular complexity index is 646. The van der Waals surface area contributed by atoms with Crippen molar-refractivity contribution in [3.8, 4) is 5.75 Å². The van der Waals surface area contributed by atoms with Gasteiger partial charge in [-0.2, -0.15) is 0 Å². The summed E-state index contributed by atoms with van der Waals surface area (Å²) < 4.78 is 11.8. The van der Waals surface area contributed by atoms with Gasteiger partial charge in [-0.1, -0.05) is 18.7 Å². The fourth-order valence-corrected chi connectivity index (χ4v) is 3.56. The van der Waals surface area contributed by atoms with Crippen LogP contribution in [0.15, 0.2) is 36.5 Å². The minimum atomic E-state index is -0.00951. The summed E-state index contributed by atoms with van der Waals surface area (Å²) in [6, 6.07) is 8.49. The first-order chi connectivity index (χ1) is 13.5. The maximum absolute atomic E-state index is 11.1. The number of rotatable bonds is 10. The summed E-state index contributed by atoms with van der Waals surface area (Å²) in [6.45, 7) is 11.2. The van der Waals surface area contributed by atoms with E-state index in [0.29, 0.717) is 6.61 Å². The Morgan fingerprint density at radius 2 is 1.89 bits per heavy atom. The van der Waals surface area contributed by atoms with Gasteiger partial charge in [0.05, 0.1) is 19.3 Å². The van der Waals surface area contributed by atoms with E-state index in [9.17, 15) is 4.79 Å². The SMILES string of the molecule is C=C(Cc1ccc(OCC2CC2)cc1)N1CCC(OC[C@H](C)NC(C)=O)CC1. The molecule has 1 atom stereocenters. The lowest BCUT2D eigenvalue weighted by molar-refractivity contribution is -0.120. The van der Waals surface area contributed by atoms with Crippen molar-refractivity contribution in [3.05, 3.63) is 42.1 Å². The number of ether oxygens (including phenoxy) is 2. The molecule has 5 heteroatoms. The third kappa shape index (κ3) is 6.86. The molecular weight excluding hydrogens is 352 g/mol. The second-order valence-corrected chi connectivity index (χ2v) is 8.26. The molecule has 0 bridgehead atoms. The maximum atomic E-state index is 11.1. The molecule has 3 rings (SSSR count). The van der Waals surface area contributed by atoms with Gasteiger partial charge < -0.3 is 19.7 Å². The number of carbonyl (C=O) groups is 1. The molecule has 1 aromatic carbocycles. The van der Waals surface area contributed by atoms with Gasteiger partial charge in [0.2, 0.25) is 5.91 Å². The smallest absolute Gasteiger partial charge is 0.217 e. The quantitative estimate of drug-likeness (QED) is 0.668. The van der Waals surface area contributed by atoms with Crippen molar-refractivity contribution in [1.82, 2.24) is 10.2 Å². The summed E-state index contributed by atoms with van der Waals surface area (Å²) in [6.07, 6.45) is 5.76. The number of likely N-dealkylation sites (tertiary alicyclic amines) is 1. The molecule has 1 saturated heterocycles. The molecule has 1 N–H and O–H groups in total. The minimum absolute atomic E-state index is 0.00951. The van der Waals surface area contributed by atoms with Crippen LogP contribution >= 0.6 is 0 Å². The van der Waals surface area contributed by atoms with Crippen LogP contribution in [-0.2, 0) is 16.0 Å². The number of hydrogen-bond donors (Lipinski definition) is 1. The number of nitrogens with zero attached hydrogens (tertiary/aromatic N) is 1. The van der Waals surface area contributed by atoms with Gasteiger partial charge in [0, 0.05) is 38.2 Å². The predicted molar refractivity (Wildman–Crippen MR) is 111 cm³/mol. The Kier molecular flexibility index (Phi) is 7.37. The second-order valence-electron chi connectivity index (χ2n) is 8.26. The molecule has 28 heavy (non-hydrogen) atoms. The zero-order chi connectivity index (χ0) is 19.9. The number of hydrogen-bond acceptors (Lipinski definition) is 4. The molecule has 154 valence electrons. The molecule has 1 amide bonds. The first-order valence-electron chi connectivity index (χ1n) is 10.5. The van der Waals surface area contributed by atoms with Crippen LogP contribution in [0.2, 0.25) is 0 Å². The van der Waals surface area contributed by atoms with E-state index in [0.717, 1.165) is 56.3 Å². The number of piperidine rings is 1. The highest BCUT2D eigenvalue weighted by Crippen LogP contribution is 2.29. The minimum Gasteiger partial charge on any atom is -0.493 e. The molecule has 5 nitrogen and oxygen atoms in total. The molecular formula is C23H34N2O3. The Hall–Kier alpha value is -2.01. The van der Waals surface area contributed by atoms with Crippen LogP contribution in [0.4, 0.5) is 0 Å². The highest BCUT2D eigenvalue weighted by Gasteiger charge is 2.22. The van der Waals surface area contributed by atoms with Gasteiger partial charge in [-0.05, 0) is 56.2 Å². The molecule has 1 aliphatic heterocycles. The summed E-state index contributed by atoms with van der Waals surface area (Å²) in [5.74, 6) is 1.73. The normalized spacial score (nSPS) is 18.6. The predicted octanol–water partition coefficient (Wildman–Crippen LogP) is 3.54. The van der Waals surface area contributed by atoms with Crippen molar-refractivity contribution in [1.29, 1.82) is 0 Å². The van der Waals surface area contributed by atoms with E-state index in [1.54, 1.807) is 0 Å². The van der Waals surface area contributed by atoms with Gasteiger partial charge in [0.15, 0.2) is 0 Å². The third-order valence-corrected chi connectivity index (χ3v) is 5.43. The fraction of sp³-hybridized carbons (Fsp3) is 0.609. The van der Waals surface area contributed by atoms with E-state index in [1.807, 2.05) is 6.92 Å². The summed E-state index contributed by atoms with van der Waals surface area (Å²) in [5, 5.41) is 2.86. The van der Waals surface area contributed by atoms with Crippen molar-refractivity contribution in [3.63, 3.8) is 0 Å². The summed E-state index contributed by atoms with van der Waals surface area (Å²) in [7, 11) is 0. The Morgan fingerprint density at radius 1 is 1.21 bits per heavy atom. The highest BCUT2D eigenvalue weighted by molar-refractivity contribution is 5.73. The lowest BCUT2D eigenvalue weighted by Crippen LogP contribution is -2.40. The number of benzene rings is 1. The molecule has 0 aromatic heterocycles. The molecule has 2 aliphatic rings. The van der Waals surface area contributed by atoms with E-state index in [4.69, 9.17) is 9.47 Å². The van der Waals surface area contributed by atoms with E-state index in [1.165, 1.54) is 25.3 Å². The third-order valence-electron chi connectivity index (χ3n) is 5.43. The number of nitrogens with one attached hydrogen (secondary N) is 1. The van der Waals surface area contributed by atoms with Crippen LogP contribution in [0.25, 0.3) is 0 Å². The number of carbonyl (C=O) groups excluding carboxylic acids is 1. The van der Waals surface area contributed by atoms with Gasteiger partial charge in [-0.25, -0.2) is 0 Å². The van der Waals surface area contributed by atoms with Crippen molar-refractivity contribution in [2.45, 2.75) is 58.1 Å². The fourth-order valence-electron chi connectivity index (χ4n) is 3.56.